The van der Waals surface area contributed by atoms with Gasteiger partial charge in [-0.15, -0.1) is 0 Å². The van der Waals surface area contributed by atoms with Crippen LogP contribution in [0.15, 0.2) is 29.2 Å². The lowest BCUT2D eigenvalue weighted by Crippen LogP contribution is -2.25. The third kappa shape index (κ3) is 10.7. The molecule has 12 heteroatoms. The minimum Gasteiger partial charge on any atom is -0.475 e. The van der Waals surface area contributed by atoms with E-state index in [1.807, 2.05) is 0 Å². The predicted octanol–water partition coefficient (Wildman–Crippen LogP) is 1.10. The number of aliphatic carboxylic acids is 1. The van der Waals surface area contributed by atoms with Gasteiger partial charge in [-0.2, -0.15) is 13.2 Å². The van der Waals surface area contributed by atoms with Crippen molar-refractivity contribution in [1.29, 1.82) is 0 Å². The quantitative estimate of drug-likeness (QED) is 0.452. The van der Waals surface area contributed by atoms with Crippen molar-refractivity contribution < 1.29 is 40.6 Å². The van der Waals surface area contributed by atoms with Crippen LogP contribution in [0, 0.1) is 5.82 Å². The fourth-order valence-corrected chi connectivity index (χ4v) is 2.34. The number of alkyl halides is 3. The van der Waals surface area contributed by atoms with Crippen molar-refractivity contribution in [2.45, 2.75) is 17.5 Å². The summed E-state index contributed by atoms with van der Waals surface area (Å²) < 4.78 is 75.4. The summed E-state index contributed by atoms with van der Waals surface area (Å²) in [6.45, 7) is 1.62. The van der Waals surface area contributed by atoms with Crippen LogP contribution in [0.25, 0.3) is 0 Å². The molecule has 0 fully saturated rings. The molecular formula is C13H18F4N2O5S. The zero-order chi connectivity index (χ0) is 19.5. The molecule has 0 bridgehead atoms. The van der Waals surface area contributed by atoms with Gasteiger partial charge in [-0.3, -0.25) is 0 Å². The van der Waals surface area contributed by atoms with Crippen molar-refractivity contribution in [3.05, 3.63) is 30.1 Å². The van der Waals surface area contributed by atoms with Crippen LogP contribution in [0.4, 0.5) is 17.6 Å². The Morgan fingerprint density at radius 3 is 2.16 bits per heavy atom. The summed E-state index contributed by atoms with van der Waals surface area (Å²) in [5.74, 6) is -3.23. The summed E-state index contributed by atoms with van der Waals surface area (Å²) in [5.41, 5.74) is 5.23. The van der Waals surface area contributed by atoms with E-state index in [9.17, 15) is 26.0 Å². The van der Waals surface area contributed by atoms with Crippen LogP contribution < -0.4 is 10.5 Å². The van der Waals surface area contributed by atoms with E-state index in [2.05, 4.69) is 4.72 Å². The summed E-state index contributed by atoms with van der Waals surface area (Å²) in [4.78, 5) is 8.94. The maximum atomic E-state index is 12.7. The first kappa shape index (κ1) is 23.2. The van der Waals surface area contributed by atoms with Crippen molar-refractivity contribution in [2.75, 3.05) is 26.3 Å². The fraction of sp³-hybridized carbons (Fsp3) is 0.462. The third-order valence-corrected chi connectivity index (χ3v) is 3.86. The number of halogens is 4. The van der Waals surface area contributed by atoms with E-state index < -0.39 is 28.0 Å². The number of nitrogens with one attached hydrogen (secondary N) is 1. The number of carbonyl (C=O) groups is 1. The number of carboxylic acids is 1. The zero-order valence-corrected chi connectivity index (χ0v) is 13.7. The second-order valence-corrected chi connectivity index (χ2v) is 6.18. The number of rotatable bonds is 8. The largest absolute Gasteiger partial charge is 0.490 e. The predicted molar refractivity (Wildman–Crippen MR) is 79.8 cm³/mol. The maximum Gasteiger partial charge on any atom is 0.490 e. The molecule has 0 spiro atoms. The van der Waals surface area contributed by atoms with Gasteiger partial charge in [0.05, 0.1) is 11.5 Å². The molecule has 4 N–H and O–H groups in total. The molecule has 0 radical (unpaired) electrons. The third-order valence-electron chi connectivity index (χ3n) is 2.39. The lowest BCUT2D eigenvalue weighted by atomic mass is 10.4. The van der Waals surface area contributed by atoms with E-state index in [1.165, 1.54) is 12.1 Å². The van der Waals surface area contributed by atoms with Crippen LogP contribution in [0.2, 0.25) is 0 Å². The standard InChI is InChI=1S/C11H17FN2O3S.C2HF3O2/c12-10-2-4-11(5-3-10)18(15,16)14-7-1-8-17-9-6-13;3-2(4,5)1(6)7/h2-5,14H,1,6-9,13H2;(H,6,7). The summed E-state index contributed by atoms with van der Waals surface area (Å²) in [7, 11) is -3.57. The first-order chi connectivity index (χ1) is 11.5. The molecular weight excluding hydrogens is 372 g/mol. The first-order valence-electron chi connectivity index (χ1n) is 6.84. The van der Waals surface area contributed by atoms with Gasteiger partial charge in [0, 0.05) is 19.7 Å². The Kier molecular flexibility index (Phi) is 10.2. The Morgan fingerprint density at radius 1 is 1.20 bits per heavy atom. The topological polar surface area (TPSA) is 119 Å². The molecule has 0 amide bonds. The van der Waals surface area contributed by atoms with Crippen LogP contribution in [0.1, 0.15) is 6.42 Å². The molecule has 0 saturated heterocycles. The lowest BCUT2D eigenvalue weighted by molar-refractivity contribution is -0.192. The number of ether oxygens (including phenoxy) is 1. The molecule has 7 nitrogen and oxygen atoms in total. The Labute approximate surface area is 141 Å². The molecule has 1 aromatic carbocycles. The summed E-state index contributed by atoms with van der Waals surface area (Å²) >= 11 is 0. The van der Waals surface area contributed by atoms with Gasteiger partial charge < -0.3 is 15.6 Å². The highest BCUT2D eigenvalue weighted by Crippen LogP contribution is 2.13. The first-order valence-corrected chi connectivity index (χ1v) is 8.32. The molecule has 0 saturated carbocycles. The van der Waals surface area contributed by atoms with Crippen LogP contribution in [0.5, 0.6) is 0 Å². The van der Waals surface area contributed by atoms with Crippen LogP contribution >= 0.6 is 0 Å². The highest BCUT2D eigenvalue weighted by Gasteiger charge is 2.38. The molecule has 144 valence electrons. The average Bonchev–Trinajstić information content (AvgIpc) is 2.51. The van der Waals surface area contributed by atoms with Crippen LogP contribution in [-0.2, 0) is 19.6 Å². The van der Waals surface area contributed by atoms with Gasteiger partial charge >= 0.3 is 12.1 Å². The molecule has 0 aliphatic carbocycles. The fourth-order valence-electron chi connectivity index (χ4n) is 1.26. The van der Waals surface area contributed by atoms with Gasteiger partial charge in [0.15, 0.2) is 0 Å². The van der Waals surface area contributed by atoms with Gasteiger partial charge in [0.1, 0.15) is 5.82 Å². The molecule has 1 rings (SSSR count). The highest BCUT2D eigenvalue weighted by molar-refractivity contribution is 7.89. The Bertz CT molecular complexity index is 620. The van der Waals surface area contributed by atoms with E-state index in [4.69, 9.17) is 20.4 Å². The molecule has 0 atom stereocenters. The van der Waals surface area contributed by atoms with Crippen LogP contribution in [-0.4, -0.2) is 52.0 Å². The Morgan fingerprint density at radius 2 is 1.72 bits per heavy atom. The molecule has 0 aliphatic heterocycles. The number of hydrogen-bond donors (Lipinski definition) is 3. The monoisotopic (exact) mass is 390 g/mol. The van der Waals surface area contributed by atoms with E-state index in [1.54, 1.807) is 0 Å². The number of hydrogen-bond acceptors (Lipinski definition) is 5. The minimum atomic E-state index is -5.08. The number of benzene rings is 1. The number of carboxylic acid groups (broad SMARTS) is 1. The summed E-state index contributed by atoms with van der Waals surface area (Å²) in [5, 5.41) is 7.12. The molecule has 0 aliphatic rings. The van der Waals surface area contributed by atoms with Crippen molar-refractivity contribution >= 4 is 16.0 Å². The van der Waals surface area contributed by atoms with Gasteiger partial charge in [-0.05, 0) is 30.7 Å². The van der Waals surface area contributed by atoms with Gasteiger partial charge in [0.2, 0.25) is 10.0 Å². The minimum absolute atomic E-state index is 0.0479. The van der Waals surface area contributed by atoms with Crippen molar-refractivity contribution in [1.82, 2.24) is 4.72 Å². The van der Waals surface area contributed by atoms with Gasteiger partial charge in [-0.25, -0.2) is 22.3 Å². The zero-order valence-electron chi connectivity index (χ0n) is 12.9. The number of nitrogens with two attached hydrogens (primary N) is 1. The van der Waals surface area contributed by atoms with Crippen molar-refractivity contribution in [3.8, 4) is 0 Å². The Hall–Kier alpha value is -1.76. The van der Waals surface area contributed by atoms with E-state index in [-0.39, 0.29) is 11.4 Å². The second kappa shape index (κ2) is 11.0. The summed E-state index contributed by atoms with van der Waals surface area (Å²) in [6.07, 6.45) is -4.53. The Balaban J connectivity index is 0.000000697. The van der Waals surface area contributed by atoms with Gasteiger partial charge in [0.25, 0.3) is 0 Å². The van der Waals surface area contributed by atoms with Crippen LogP contribution in [0.3, 0.4) is 0 Å². The highest BCUT2D eigenvalue weighted by atomic mass is 32.2. The normalized spacial score (nSPS) is 11.6. The van der Waals surface area contributed by atoms with E-state index in [0.717, 1.165) is 12.1 Å². The maximum absolute atomic E-state index is 12.7. The molecule has 0 heterocycles. The molecule has 0 unspecified atom stereocenters. The smallest absolute Gasteiger partial charge is 0.475 e. The van der Waals surface area contributed by atoms with E-state index >= 15 is 0 Å². The van der Waals surface area contributed by atoms with Crippen molar-refractivity contribution in [2.24, 2.45) is 5.73 Å². The lowest BCUT2D eigenvalue weighted by Gasteiger charge is -2.07. The SMILES string of the molecule is NCCOCCCNS(=O)(=O)c1ccc(F)cc1.O=C(O)C(F)(F)F. The molecule has 25 heavy (non-hydrogen) atoms. The summed E-state index contributed by atoms with van der Waals surface area (Å²) in [6, 6.07) is 4.67. The second-order valence-electron chi connectivity index (χ2n) is 4.41. The molecule has 0 aromatic heterocycles. The average molecular weight is 390 g/mol. The van der Waals surface area contributed by atoms with Crippen molar-refractivity contribution in [3.63, 3.8) is 0 Å². The number of sulfonamides is 1. The van der Waals surface area contributed by atoms with Gasteiger partial charge in [-0.1, -0.05) is 0 Å². The molecule has 1 aromatic rings. The van der Waals surface area contributed by atoms with E-state index in [0.29, 0.717) is 26.2 Å².